The number of rotatable bonds is 4. The van der Waals surface area contributed by atoms with E-state index in [1.165, 1.54) is 5.56 Å². The van der Waals surface area contributed by atoms with Gasteiger partial charge in [0.2, 0.25) is 0 Å². The second-order valence-corrected chi connectivity index (χ2v) is 3.24. The number of aryl methyl sites for hydroxylation is 1. The highest BCUT2D eigenvalue weighted by atomic mass is 14.6. The highest BCUT2D eigenvalue weighted by Gasteiger charge is 1.99. The molecule has 2 nitrogen and oxygen atoms in total. The third-order valence-electron chi connectivity index (χ3n) is 2.05. The zero-order chi connectivity index (χ0) is 8.81. The molecule has 0 saturated carbocycles. The molecular weight excluding hydrogens is 148 g/mol. The summed E-state index contributed by atoms with van der Waals surface area (Å²) in [5.74, 6) is 0.616. The molecule has 2 N–H and O–H groups in total. The predicted molar refractivity (Wildman–Crippen MR) is 50.8 cm³/mol. The van der Waals surface area contributed by atoms with Crippen LogP contribution in [0.5, 0.6) is 0 Å². The topological polar surface area (TPSA) is 38.9 Å². The zero-order valence-corrected chi connectivity index (χ0v) is 7.53. The fraction of sp³-hybridized carbons (Fsp3) is 0.500. The Balaban J connectivity index is 2.33. The summed E-state index contributed by atoms with van der Waals surface area (Å²) in [6, 6.07) is 4.08. The molecule has 1 atom stereocenters. The smallest absolute Gasteiger partial charge is 0.0299 e. The number of hydrogen-bond acceptors (Lipinski definition) is 2. The molecule has 0 radical (unpaired) electrons. The number of nitrogens with zero attached hydrogens (tertiary/aromatic N) is 1. The van der Waals surface area contributed by atoms with Crippen LogP contribution in [0.2, 0.25) is 0 Å². The molecule has 1 aromatic rings. The quantitative estimate of drug-likeness (QED) is 0.734. The maximum Gasteiger partial charge on any atom is 0.0299 e. The lowest BCUT2D eigenvalue weighted by Crippen LogP contribution is -2.11. The summed E-state index contributed by atoms with van der Waals surface area (Å²) in [6.45, 7) is 2.95. The van der Waals surface area contributed by atoms with Gasteiger partial charge in [-0.15, -0.1) is 0 Å². The van der Waals surface area contributed by atoms with Crippen LogP contribution in [-0.2, 0) is 6.42 Å². The van der Waals surface area contributed by atoms with Gasteiger partial charge in [0.05, 0.1) is 0 Å². The van der Waals surface area contributed by atoms with Crippen LogP contribution < -0.4 is 5.73 Å². The highest BCUT2D eigenvalue weighted by molar-refractivity contribution is 5.08. The highest BCUT2D eigenvalue weighted by Crippen LogP contribution is 2.06. The van der Waals surface area contributed by atoms with E-state index in [4.69, 9.17) is 5.73 Å². The Labute approximate surface area is 73.8 Å². The van der Waals surface area contributed by atoms with E-state index in [1.54, 1.807) is 6.20 Å². The second-order valence-electron chi connectivity index (χ2n) is 3.24. The Morgan fingerprint density at radius 3 is 3.00 bits per heavy atom. The lowest BCUT2D eigenvalue weighted by atomic mass is 10.0. The SMILES string of the molecule is CC(CN)CCc1cccnc1. The van der Waals surface area contributed by atoms with Crippen LogP contribution in [0.3, 0.4) is 0 Å². The average molecular weight is 164 g/mol. The van der Waals surface area contributed by atoms with Crippen molar-refractivity contribution in [3.05, 3.63) is 30.1 Å². The van der Waals surface area contributed by atoms with Crippen LogP contribution in [0, 0.1) is 5.92 Å². The minimum atomic E-state index is 0.616. The predicted octanol–water partition coefficient (Wildman–Crippen LogP) is 1.61. The Bertz CT molecular complexity index is 208. The largest absolute Gasteiger partial charge is 0.330 e. The maximum atomic E-state index is 5.52. The fourth-order valence-corrected chi connectivity index (χ4v) is 1.08. The van der Waals surface area contributed by atoms with Crippen molar-refractivity contribution in [1.82, 2.24) is 4.98 Å². The van der Waals surface area contributed by atoms with Gasteiger partial charge >= 0.3 is 0 Å². The Hall–Kier alpha value is -0.890. The molecule has 0 amide bonds. The minimum absolute atomic E-state index is 0.616. The summed E-state index contributed by atoms with van der Waals surface area (Å²) in [6.07, 6.45) is 5.97. The fourth-order valence-electron chi connectivity index (χ4n) is 1.08. The van der Waals surface area contributed by atoms with Crippen LogP contribution in [0.25, 0.3) is 0 Å². The summed E-state index contributed by atoms with van der Waals surface area (Å²) in [4.78, 5) is 4.06. The summed E-state index contributed by atoms with van der Waals surface area (Å²) >= 11 is 0. The number of pyridine rings is 1. The van der Waals surface area contributed by atoms with Gasteiger partial charge in [-0.2, -0.15) is 0 Å². The van der Waals surface area contributed by atoms with Crippen LogP contribution >= 0.6 is 0 Å². The molecule has 1 heterocycles. The summed E-state index contributed by atoms with van der Waals surface area (Å²) in [7, 11) is 0. The van der Waals surface area contributed by atoms with Crippen LogP contribution in [0.1, 0.15) is 18.9 Å². The van der Waals surface area contributed by atoms with Gasteiger partial charge in [0.1, 0.15) is 0 Å². The lowest BCUT2D eigenvalue weighted by Gasteiger charge is -2.06. The molecule has 1 rings (SSSR count). The Morgan fingerprint density at radius 2 is 2.42 bits per heavy atom. The van der Waals surface area contributed by atoms with Crippen molar-refractivity contribution < 1.29 is 0 Å². The van der Waals surface area contributed by atoms with Gasteiger partial charge in [-0.05, 0) is 36.9 Å². The Morgan fingerprint density at radius 1 is 1.58 bits per heavy atom. The molecule has 0 aromatic carbocycles. The van der Waals surface area contributed by atoms with Gasteiger partial charge < -0.3 is 5.73 Å². The van der Waals surface area contributed by atoms with E-state index in [1.807, 2.05) is 12.3 Å². The molecule has 1 aromatic heterocycles. The number of hydrogen-bond donors (Lipinski definition) is 1. The molecule has 0 aliphatic heterocycles. The summed E-state index contributed by atoms with van der Waals surface area (Å²) in [5, 5.41) is 0. The normalized spacial score (nSPS) is 12.8. The van der Waals surface area contributed by atoms with Crippen molar-refractivity contribution in [2.75, 3.05) is 6.54 Å². The van der Waals surface area contributed by atoms with Crippen molar-refractivity contribution >= 4 is 0 Å². The van der Waals surface area contributed by atoms with E-state index < -0.39 is 0 Å². The van der Waals surface area contributed by atoms with Crippen LogP contribution in [0.15, 0.2) is 24.5 Å². The molecule has 0 aliphatic carbocycles. The van der Waals surface area contributed by atoms with Crippen molar-refractivity contribution in [3.63, 3.8) is 0 Å². The van der Waals surface area contributed by atoms with Crippen molar-refractivity contribution in [2.45, 2.75) is 19.8 Å². The van der Waals surface area contributed by atoms with Gasteiger partial charge in [-0.25, -0.2) is 0 Å². The molecule has 12 heavy (non-hydrogen) atoms. The maximum absolute atomic E-state index is 5.52. The third-order valence-corrected chi connectivity index (χ3v) is 2.05. The van der Waals surface area contributed by atoms with Gasteiger partial charge in [-0.3, -0.25) is 4.98 Å². The van der Waals surface area contributed by atoms with E-state index in [-0.39, 0.29) is 0 Å². The first-order chi connectivity index (χ1) is 5.83. The molecule has 1 unspecified atom stereocenters. The van der Waals surface area contributed by atoms with Crippen LogP contribution in [0.4, 0.5) is 0 Å². The number of nitrogens with two attached hydrogens (primary N) is 1. The summed E-state index contributed by atoms with van der Waals surface area (Å²) in [5.41, 5.74) is 6.82. The van der Waals surface area contributed by atoms with Gasteiger partial charge in [0.15, 0.2) is 0 Å². The van der Waals surface area contributed by atoms with Crippen molar-refractivity contribution in [2.24, 2.45) is 11.7 Å². The molecule has 0 fully saturated rings. The number of aromatic nitrogens is 1. The second kappa shape index (κ2) is 4.88. The van der Waals surface area contributed by atoms with E-state index in [9.17, 15) is 0 Å². The molecule has 0 bridgehead atoms. The first-order valence-corrected chi connectivity index (χ1v) is 4.42. The first-order valence-electron chi connectivity index (χ1n) is 4.42. The molecule has 0 saturated heterocycles. The average Bonchev–Trinajstić information content (AvgIpc) is 2.16. The molecular formula is C10H16N2. The van der Waals surface area contributed by atoms with E-state index in [0.29, 0.717) is 5.92 Å². The molecule has 2 heteroatoms. The van der Waals surface area contributed by atoms with E-state index >= 15 is 0 Å². The summed E-state index contributed by atoms with van der Waals surface area (Å²) < 4.78 is 0. The minimum Gasteiger partial charge on any atom is -0.330 e. The monoisotopic (exact) mass is 164 g/mol. The molecule has 0 aliphatic rings. The van der Waals surface area contributed by atoms with E-state index in [0.717, 1.165) is 19.4 Å². The van der Waals surface area contributed by atoms with Gasteiger partial charge in [0, 0.05) is 12.4 Å². The third kappa shape index (κ3) is 3.01. The van der Waals surface area contributed by atoms with Crippen molar-refractivity contribution in [1.29, 1.82) is 0 Å². The molecule has 66 valence electrons. The van der Waals surface area contributed by atoms with E-state index in [2.05, 4.69) is 18.0 Å². The van der Waals surface area contributed by atoms with Crippen LogP contribution in [-0.4, -0.2) is 11.5 Å². The molecule has 0 spiro atoms. The standard InChI is InChI=1S/C10H16N2/c1-9(7-11)4-5-10-3-2-6-12-8-10/h2-3,6,8-9H,4-5,7,11H2,1H3. The van der Waals surface area contributed by atoms with Gasteiger partial charge in [0.25, 0.3) is 0 Å². The first kappa shape index (κ1) is 9.20. The lowest BCUT2D eigenvalue weighted by molar-refractivity contribution is 0.544. The Kier molecular flexibility index (Phi) is 3.74. The zero-order valence-electron chi connectivity index (χ0n) is 7.53. The van der Waals surface area contributed by atoms with Gasteiger partial charge in [-0.1, -0.05) is 13.0 Å². The van der Waals surface area contributed by atoms with Crippen molar-refractivity contribution in [3.8, 4) is 0 Å².